The summed E-state index contributed by atoms with van der Waals surface area (Å²) in [5, 5.41) is 9.14. The maximum Gasteiger partial charge on any atom is 0.254 e. The molecule has 0 radical (unpaired) electrons. The lowest BCUT2D eigenvalue weighted by molar-refractivity contribution is 0.0718. The number of unbranched alkanes of at least 4 members (excludes halogenated alkanes) is 3. The van der Waals surface area contributed by atoms with Gasteiger partial charge in [-0.05, 0) is 31.0 Å². The van der Waals surface area contributed by atoms with Crippen LogP contribution in [0.3, 0.4) is 0 Å². The third-order valence-corrected chi connectivity index (χ3v) is 3.43. The van der Waals surface area contributed by atoms with Gasteiger partial charge in [0.1, 0.15) is 0 Å². The summed E-state index contributed by atoms with van der Waals surface area (Å²) in [6.45, 7) is 5.11. The molecular formula is C16H26N2O2. The van der Waals surface area contributed by atoms with Crippen molar-refractivity contribution in [3.05, 3.63) is 29.3 Å². The highest BCUT2D eigenvalue weighted by atomic mass is 16.3. The van der Waals surface area contributed by atoms with E-state index in [2.05, 4.69) is 6.92 Å². The monoisotopic (exact) mass is 278 g/mol. The number of anilines is 1. The van der Waals surface area contributed by atoms with Crippen LogP contribution in [0.2, 0.25) is 0 Å². The zero-order valence-corrected chi connectivity index (χ0v) is 12.6. The third-order valence-electron chi connectivity index (χ3n) is 3.43. The van der Waals surface area contributed by atoms with E-state index in [0.717, 1.165) is 18.4 Å². The quantitative estimate of drug-likeness (QED) is 0.567. The molecule has 0 aliphatic heterocycles. The second-order valence-electron chi connectivity index (χ2n) is 5.15. The summed E-state index contributed by atoms with van der Waals surface area (Å²) in [4.78, 5) is 14.3. The summed E-state index contributed by atoms with van der Waals surface area (Å²) in [7, 11) is 0. The molecule has 0 bridgehead atoms. The normalized spacial score (nSPS) is 10.6. The molecule has 0 unspecified atom stereocenters. The first-order valence-electron chi connectivity index (χ1n) is 7.36. The van der Waals surface area contributed by atoms with Crippen molar-refractivity contribution in [3.63, 3.8) is 0 Å². The third kappa shape index (κ3) is 4.85. The predicted octanol–water partition coefficient (Wildman–Crippen LogP) is 2.59. The van der Waals surface area contributed by atoms with Crippen molar-refractivity contribution in [2.24, 2.45) is 0 Å². The molecular weight excluding hydrogens is 252 g/mol. The molecule has 0 aromatic heterocycles. The van der Waals surface area contributed by atoms with Gasteiger partial charge in [-0.3, -0.25) is 4.79 Å². The molecule has 0 aliphatic rings. The molecule has 1 aromatic carbocycles. The fourth-order valence-electron chi connectivity index (χ4n) is 2.21. The zero-order valence-electron chi connectivity index (χ0n) is 12.6. The second kappa shape index (κ2) is 8.59. The Bertz CT molecular complexity index is 432. The van der Waals surface area contributed by atoms with E-state index in [1.165, 1.54) is 12.8 Å². The molecule has 1 amide bonds. The summed E-state index contributed by atoms with van der Waals surface area (Å²) in [5.74, 6) is -0.0413. The van der Waals surface area contributed by atoms with Gasteiger partial charge in [0, 0.05) is 24.3 Å². The van der Waals surface area contributed by atoms with Crippen LogP contribution in [0.4, 0.5) is 5.69 Å². The fourth-order valence-corrected chi connectivity index (χ4v) is 2.21. The maximum absolute atomic E-state index is 12.5. The molecule has 0 saturated carbocycles. The number of carbonyl (C=O) groups is 1. The summed E-state index contributed by atoms with van der Waals surface area (Å²) in [5.41, 5.74) is 7.90. The number of aliphatic hydroxyl groups excluding tert-OH is 1. The Balaban J connectivity index is 2.74. The van der Waals surface area contributed by atoms with Gasteiger partial charge in [0.2, 0.25) is 0 Å². The minimum atomic E-state index is -0.0413. The van der Waals surface area contributed by atoms with Crippen LogP contribution >= 0.6 is 0 Å². The van der Waals surface area contributed by atoms with E-state index in [0.29, 0.717) is 24.3 Å². The molecule has 20 heavy (non-hydrogen) atoms. The van der Waals surface area contributed by atoms with Crippen LogP contribution in [0, 0.1) is 6.92 Å². The number of rotatable bonds is 8. The summed E-state index contributed by atoms with van der Waals surface area (Å²) >= 11 is 0. The number of nitrogen functional groups attached to an aromatic ring is 1. The van der Waals surface area contributed by atoms with Crippen LogP contribution in [-0.2, 0) is 0 Å². The van der Waals surface area contributed by atoms with E-state index < -0.39 is 0 Å². The van der Waals surface area contributed by atoms with Crippen molar-refractivity contribution in [1.29, 1.82) is 0 Å². The van der Waals surface area contributed by atoms with Crippen LogP contribution < -0.4 is 5.73 Å². The fraction of sp³-hybridized carbons (Fsp3) is 0.562. The van der Waals surface area contributed by atoms with Gasteiger partial charge in [-0.2, -0.15) is 0 Å². The molecule has 1 aromatic rings. The molecule has 0 saturated heterocycles. The average Bonchev–Trinajstić information content (AvgIpc) is 2.44. The van der Waals surface area contributed by atoms with Gasteiger partial charge < -0.3 is 15.7 Å². The Morgan fingerprint density at radius 2 is 2.00 bits per heavy atom. The molecule has 0 spiro atoms. The molecule has 0 fully saturated rings. The first-order chi connectivity index (χ1) is 9.60. The van der Waals surface area contributed by atoms with Crippen molar-refractivity contribution < 1.29 is 9.90 Å². The number of nitrogens with two attached hydrogens (primary N) is 1. The first kappa shape index (κ1) is 16.5. The van der Waals surface area contributed by atoms with Crippen LogP contribution in [0.25, 0.3) is 0 Å². The van der Waals surface area contributed by atoms with Crippen molar-refractivity contribution >= 4 is 11.6 Å². The van der Waals surface area contributed by atoms with Gasteiger partial charge in [0.25, 0.3) is 5.91 Å². The number of hydrogen-bond acceptors (Lipinski definition) is 3. The Labute approximate surface area is 121 Å². The highest BCUT2D eigenvalue weighted by Crippen LogP contribution is 2.15. The van der Waals surface area contributed by atoms with E-state index >= 15 is 0 Å². The van der Waals surface area contributed by atoms with Gasteiger partial charge in [0.15, 0.2) is 0 Å². The Morgan fingerprint density at radius 1 is 1.25 bits per heavy atom. The Morgan fingerprint density at radius 3 is 2.65 bits per heavy atom. The van der Waals surface area contributed by atoms with Crippen LogP contribution in [0.1, 0.15) is 48.5 Å². The van der Waals surface area contributed by atoms with Gasteiger partial charge in [-0.15, -0.1) is 0 Å². The smallest absolute Gasteiger partial charge is 0.254 e. The topological polar surface area (TPSA) is 66.6 Å². The Kier molecular flexibility index (Phi) is 7.09. The van der Waals surface area contributed by atoms with E-state index in [-0.39, 0.29) is 12.5 Å². The summed E-state index contributed by atoms with van der Waals surface area (Å²) in [6.07, 6.45) is 4.43. The lowest BCUT2D eigenvalue weighted by atomic mass is 10.1. The summed E-state index contributed by atoms with van der Waals surface area (Å²) < 4.78 is 0. The summed E-state index contributed by atoms with van der Waals surface area (Å²) in [6, 6.07) is 5.37. The number of nitrogens with zero attached hydrogens (tertiary/aromatic N) is 1. The standard InChI is InChI=1S/C16H26N2O2/c1-3-4-5-6-9-18(10-11-19)16(20)15-12-14(17)8-7-13(15)2/h7-8,12,19H,3-6,9-11,17H2,1-2H3. The predicted molar refractivity (Wildman–Crippen MR) is 82.7 cm³/mol. The molecule has 0 heterocycles. The number of carbonyl (C=O) groups excluding carboxylic acids is 1. The van der Waals surface area contributed by atoms with E-state index in [1.807, 2.05) is 13.0 Å². The van der Waals surface area contributed by atoms with Crippen molar-refractivity contribution in [3.8, 4) is 0 Å². The molecule has 3 N–H and O–H groups in total. The van der Waals surface area contributed by atoms with E-state index in [9.17, 15) is 4.79 Å². The van der Waals surface area contributed by atoms with Crippen molar-refractivity contribution in [2.75, 3.05) is 25.4 Å². The first-order valence-corrected chi connectivity index (χ1v) is 7.36. The van der Waals surface area contributed by atoms with Crippen molar-refractivity contribution in [2.45, 2.75) is 39.5 Å². The number of aryl methyl sites for hydroxylation is 1. The van der Waals surface area contributed by atoms with Crippen LogP contribution in [0.15, 0.2) is 18.2 Å². The van der Waals surface area contributed by atoms with Crippen LogP contribution in [0.5, 0.6) is 0 Å². The molecule has 1 rings (SSSR count). The molecule has 4 heteroatoms. The molecule has 0 atom stereocenters. The maximum atomic E-state index is 12.5. The highest BCUT2D eigenvalue weighted by Gasteiger charge is 2.17. The van der Waals surface area contributed by atoms with Gasteiger partial charge in [-0.25, -0.2) is 0 Å². The molecule has 0 aliphatic carbocycles. The average molecular weight is 278 g/mol. The second-order valence-corrected chi connectivity index (χ2v) is 5.15. The highest BCUT2D eigenvalue weighted by molar-refractivity contribution is 5.96. The van der Waals surface area contributed by atoms with Crippen LogP contribution in [-0.4, -0.2) is 35.6 Å². The minimum absolute atomic E-state index is 0.0130. The Hall–Kier alpha value is -1.55. The van der Waals surface area contributed by atoms with Gasteiger partial charge in [0.05, 0.1) is 6.61 Å². The van der Waals surface area contributed by atoms with Gasteiger partial charge >= 0.3 is 0 Å². The SMILES string of the molecule is CCCCCCN(CCO)C(=O)c1cc(N)ccc1C. The molecule has 4 nitrogen and oxygen atoms in total. The van der Waals surface area contributed by atoms with Gasteiger partial charge in [-0.1, -0.05) is 32.3 Å². The minimum Gasteiger partial charge on any atom is -0.399 e. The van der Waals surface area contributed by atoms with Crippen molar-refractivity contribution in [1.82, 2.24) is 4.90 Å². The number of aliphatic hydroxyl groups is 1. The lowest BCUT2D eigenvalue weighted by Gasteiger charge is -2.23. The molecule has 112 valence electrons. The lowest BCUT2D eigenvalue weighted by Crippen LogP contribution is -2.35. The largest absolute Gasteiger partial charge is 0.399 e. The van der Waals surface area contributed by atoms with E-state index in [4.69, 9.17) is 10.8 Å². The number of benzene rings is 1. The zero-order chi connectivity index (χ0) is 15.0. The number of amides is 1. The number of hydrogen-bond donors (Lipinski definition) is 2. The van der Waals surface area contributed by atoms with E-state index in [1.54, 1.807) is 17.0 Å².